The molecule has 10 bridgehead atoms. The van der Waals surface area contributed by atoms with Crippen molar-refractivity contribution >= 4 is 8.60 Å². The van der Waals surface area contributed by atoms with Crippen molar-refractivity contribution in [3.8, 4) is 28.7 Å². The molecular formula is C59H77O5P. The summed E-state index contributed by atoms with van der Waals surface area (Å²) in [5.74, 6) is 2.77. The number of hydrogen-bond donors (Lipinski definition) is 2. The van der Waals surface area contributed by atoms with Crippen LogP contribution < -0.4 is 13.6 Å². The van der Waals surface area contributed by atoms with E-state index in [-0.39, 0.29) is 44.0 Å². The fourth-order valence-electron chi connectivity index (χ4n) is 9.15. The molecule has 0 spiro atoms. The average molecular weight is 897 g/mol. The summed E-state index contributed by atoms with van der Waals surface area (Å²) in [7, 11) is -2.14. The number of benzene rings is 5. The lowest BCUT2D eigenvalue weighted by Crippen LogP contribution is -2.21. The molecule has 0 aromatic heterocycles. The summed E-state index contributed by atoms with van der Waals surface area (Å²) in [6.45, 7) is 42.5. The highest BCUT2D eigenvalue weighted by molar-refractivity contribution is 7.43. The lowest BCUT2D eigenvalue weighted by molar-refractivity contribution is 0.367. The monoisotopic (exact) mass is 897 g/mol. The van der Waals surface area contributed by atoms with E-state index in [4.69, 9.17) is 13.6 Å². The van der Waals surface area contributed by atoms with Gasteiger partial charge in [0.1, 0.15) is 28.7 Å². The quantitative estimate of drug-likeness (QED) is 0.170. The second-order valence-corrected chi connectivity index (χ2v) is 26.4. The molecular weight excluding hydrogens is 820 g/mol. The van der Waals surface area contributed by atoms with Crippen LogP contribution in [0.1, 0.15) is 208 Å². The largest absolute Gasteiger partial charge is 0.530 e. The van der Waals surface area contributed by atoms with Crippen LogP contribution in [0.15, 0.2) is 60.7 Å². The SMILES string of the molecule is Cc1cc(C(C)(C)C)c(OP2Oc3c4cc(C(C)(C)C)cc3Cc3cc(C(C)(C)C)cc(c3O2)Cc2cc(C(C)(C)C)cc(c2O)Cc2cc(C(C)(C)C)cc(c2O)C4)c(C(C)(C)C)c1. The Labute approximate surface area is 393 Å². The first-order valence-electron chi connectivity index (χ1n) is 23.7. The van der Waals surface area contributed by atoms with E-state index >= 15 is 0 Å². The van der Waals surface area contributed by atoms with Gasteiger partial charge in [-0.15, -0.1) is 0 Å². The Morgan fingerprint density at radius 2 is 0.631 bits per heavy atom. The van der Waals surface area contributed by atoms with Gasteiger partial charge in [0, 0.05) is 36.8 Å². The van der Waals surface area contributed by atoms with Crippen molar-refractivity contribution in [2.24, 2.45) is 0 Å². The van der Waals surface area contributed by atoms with E-state index in [0.717, 1.165) is 84.0 Å². The molecule has 2 aliphatic heterocycles. The molecule has 0 saturated carbocycles. The van der Waals surface area contributed by atoms with E-state index in [1.165, 1.54) is 16.7 Å². The molecule has 3 aliphatic rings. The minimum absolute atomic E-state index is 0.178. The Kier molecular flexibility index (Phi) is 12.2. The van der Waals surface area contributed by atoms with Crippen LogP contribution in [-0.2, 0) is 58.2 Å². The third-order valence-electron chi connectivity index (χ3n) is 13.4. The van der Waals surface area contributed by atoms with Crippen molar-refractivity contribution in [2.75, 3.05) is 0 Å². The van der Waals surface area contributed by atoms with E-state index in [2.05, 4.69) is 192 Å². The zero-order chi connectivity index (χ0) is 48.1. The van der Waals surface area contributed by atoms with Gasteiger partial charge in [-0.05, 0) is 106 Å². The van der Waals surface area contributed by atoms with Crippen LogP contribution in [0, 0.1) is 6.92 Å². The molecule has 348 valence electrons. The van der Waals surface area contributed by atoms with Gasteiger partial charge in [0.15, 0.2) is 0 Å². The van der Waals surface area contributed by atoms with Crippen LogP contribution >= 0.6 is 8.60 Å². The second-order valence-electron chi connectivity index (χ2n) is 25.4. The van der Waals surface area contributed by atoms with Gasteiger partial charge in [-0.3, -0.25) is 0 Å². The molecule has 0 unspecified atom stereocenters. The molecule has 5 aromatic rings. The fraction of sp³-hybridized carbons (Fsp3) is 0.492. The third kappa shape index (κ3) is 10.1. The Morgan fingerprint density at radius 3 is 0.892 bits per heavy atom. The van der Waals surface area contributed by atoms with Crippen molar-refractivity contribution in [1.29, 1.82) is 0 Å². The minimum atomic E-state index is -2.14. The Balaban J connectivity index is 1.63. The second kappa shape index (κ2) is 16.4. The summed E-state index contributed by atoms with van der Waals surface area (Å²) in [6.07, 6.45) is 1.77. The summed E-state index contributed by atoms with van der Waals surface area (Å²) in [5.41, 5.74) is 14.0. The first-order chi connectivity index (χ1) is 29.7. The van der Waals surface area contributed by atoms with Crippen LogP contribution in [0.25, 0.3) is 0 Å². The summed E-state index contributed by atoms with van der Waals surface area (Å²) in [6, 6.07) is 22.3. The fourth-order valence-corrected chi connectivity index (χ4v) is 10.4. The third-order valence-corrected chi connectivity index (χ3v) is 14.4. The maximum Gasteiger partial charge on any atom is 0.530 e. The average Bonchev–Trinajstić information content (AvgIpc) is 3.13. The van der Waals surface area contributed by atoms with Crippen LogP contribution in [-0.4, -0.2) is 10.2 Å². The van der Waals surface area contributed by atoms with Gasteiger partial charge in [-0.1, -0.05) is 191 Å². The molecule has 0 fully saturated rings. The maximum absolute atomic E-state index is 12.5. The van der Waals surface area contributed by atoms with Crippen molar-refractivity contribution < 1.29 is 23.8 Å². The predicted octanol–water partition coefficient (Wildman–Crippen LogP) is 15.9. The summed E-state index contributed by atoms with van der Waals surface area (Å²) in [5, 5.41) is 25.0. The lowest BCUT2D eigenvalue weighted by atomic mass is 9.78. The maximum atomic E-state index is 12.5. The summed E-state index contributed by atoms with van der Waals surface area (Å²) >= 11 is 0. The first-order valence-corrected chi connectivity index (χ1v) is 24.8. The lowest BCUT2D eigenvalue weighted by Gasteiger charge is -2.33. The normalized spacial score (nSPS) is 15.1. The highest BCUT2D eigenvalue weighted by Gasteiger charge is 2.37. The molecule has 2 N–H and O–H groups in total. The van der Waals surface area contributed by atoms with Gasteiger partial charge in [0.05, 0.1) is 0 Å². The molecule has 0 radical (unpaired) electrons. The summed E-state index contributed by atoms with van der Waals surface area (Å²) < 4.78 is 22.2. The molecule has 5 aromatic carbocycles. The standard InChI is InChI=1S/C59H77O5P/c1-34-20-47(58(14,15)16)53(48(21-34)59(17,18)19)64-65-62-51-39-23-37-28-43(54(2,3)4)26-35(49(37)60)22-36-27-44(55(5,6)7)29-38(50(36)61)24-40-31-46(57(11,12)13)33-42(52(40)63-65)25-41(51)32-45(30-39)56(8,9)10/h20-21,26-33,60-61H,22-25H2,1-19H3. The van der Waals surface area contributed by atoms with Gasteiger partial charge in [0.25, 0.3) is 0 Å². The highest BCUT2D eigenvalue weighted by atomic mass is 31.2. The number of aryl methyl sites for hydroxylation is 1. The van der Waals surface area contributed by atoms with E-state index in [0.29, 0.717) is 25.7 Å². The molecule has 8 rings (SSSR count). The van der Waals surface area contributed by atoms with Gasteiger partial charge < -0.3 is 23.8 Å². The Morgan fingerprint density at radius 1 is 0.385 bits per heavy atom. The van der Waals surface area contributed by atoms with Gasteiger partial charge in [-0.2, -0.15) is 0 Å². The number of fused-ring (bicyclic) bond motifs is 2. The van der Waals surface area contributed by atoms with E-state index in [9.17, 15) is 10.2 Å². The van der Waals surface area contributed by atoms with Crippen LogP contribution in [0.3, 0.4) is 0 Å². The molecule has 0 amide bonds. The molecule has 65 heavy (non-hydrogen) atoms. The van der Waals surface area contributed by atoms with Crippen molar-refractivity contribution in [3.05, 3.63) is 144 Å². The number of hydrogen-bond acceptors (Lipinski definition) is 5. The Bertz CT molecular complexity index is 2480. The molecule has 1 aliphatic carbocycles. The molecule has 2 heterocycles. The van der Waals surface area contributed by atoms with Crippen molar-refractivity contribution in [3.63, 3.8) is 0 Å². The summed E-state index contributed by atoms with van der Waals surface area (Å²) in [4.78, 5) is 0. The van der Waals surface area contributed by atoms with Crippen molar-refractivity contribution in [1.82, 2.24) is 0 Å². The zero-order valence-electron chi connectivity index (χ0n) is 43.2. The van der Waals surface area contributed by atoms with Crippen LogP contribution in [0.4, 0.5) is 0 Å². The number of rotatable bonds is 2. The predicted molar refractivity (Wildman–Crippen MR) is 273 cm³/mol. The Hall–Kier alpha value is -4.47. The molecule has 6 heteroatoms. The zero-order valence-corrected chi connectivity index (χ0v) is 44.1. The van der Waals surface area contributed by atoms with E-state index < -0.39 is 8.60 Å². The number of phenols is 2. The van der Waals surface area contributed by atoms with Crippen LogP contribution in [0.5, 0.6) is 28.7 Å². The molecule has 5 nitrogen and oxygen atoms in total. The molecule has 0 saturated heterocycles. The van der Waals surface area contributed by atoms with Crippen LogP contribution in [0.2, 0.25) is 0 Å². The minimum Gasteiger partial charge on any atom is -0.507 e. The van der Waals surface area contributed by atoms with Gasteiger partial charge >= 0.3 is 8.60 Å². The highest BCUT2D eigenvalue weighted by Crippen LogP contribution is 2.54. The van der Waals surface area contributed by atoms with E-state index in [1.54, 1.807) is 0 Å². The van der Waals surface area contributed by atoms with Gasteiger partial charge in [-0.25, -0.2) is 0 Å². The molecule has 0 atom stereocenters. The van der Waals surface area contributed by atoms with Gasteiger partial charge in [0.2, 0.25) is 0 Å². The topological polar surface area (TPSA) is 68.2 Å². The number of aromatic hydroxyl groups is 2. The first kappa shape index (κ1) is 48.5. The van der Waals surface area contributed by atoms with Crippen molar-refractivity contribution in [2.45, 2.75) is 190 Å². The smallest absolute Gasteiger partial charge is 0.507 e. The van der Waals surface area contributed by atoms with E-state index in [1.807, 2.05) is 0 Å². The number of phenolic OH excluding ortho intramolecular Hbond substituents is 2.